The third-order valence-corrected chi connectivity index (χ3v) is 10.0. The molecule has 0 bridgehead atoms. The molecule has 2 aromatic carbocycles. The Morgan fingerprint density at radius 1 is 0.828 bits per heavy atom. The van der Waals surface area contributed by atoms with Crippen molar-refractivity contribution in [1.82, 2.24) is 31.1 Å². The SMILES string of the molecule is CSCC[C@H](NC(=O)[C@H](CC(C)C)NC(=O)CN(C)C(=O)[C@H](Cc1ccccc1)NC(=O)[C@H](Cc1ccccc1)NC(=O)[C@@H]1CCCN1C(=O)OC(C)(C)C)C(N)=O. The van der Waals surface area contributed by atoms with Gasteiger partial charge < -0.3 is 36.6 Å². The van der Waals surface area contributed by atoms with Crippen LogP contribution in [0.3, 0.4) is 0 Å². The molecule has 318 valence electrons. The number of primary amides is 1. The van der Waals surface area contributed by atoms with Gasteiger partial charge in [-0.15, -0.1) is 0 Å². The van der Waals surface area contributed by atoms with Crippen LogP contribution < -0.4 is 27.0 Å². The van der Waals surface area contributed by atoms with Gasteiger partial charge in [-0.2, -0.15) is 11.8 Å². The largest absolute Gasteiger partial charge is 0.444 e. The van der Waals surface area contributed by atoms with E-state index in [-0.39, 0.29) is 25.2 Å². The normalized spacial score (nSPS) is 16.0. The number of carbonyl (C=O) groups excluding carboxylic acids is 7. The van der Waals surface area contributed by atoms with Crippen LogP contribution in [0.1, 0.15) is 71.4 Å². The number of hydrogen-bond acceptors (Lipinski definition) is 9. The molecule has 1 aliphatic rings. The Bertz CT molecular complexity index is 1710. The molecule has 16 heteroatoms. The van der Waals surface area contributed by atoms with Gasteiger partial charge in [-0.3, -0.25) is 33.7 Å². The van der Waals surface area contributed by atoms with Gasteiger partial charge in [-0.05, 0) is 75.5 Å². The number of nitrogens with two attached hydrogens (primary N) is 1. The van der Waals surface area contributed by atoms with E-state index in [4.69, 9.17) is 10.5 Å². The van der Waals surface area contributed by atoms with Crippen LogP contribution >= 0.6 is 11.8 Å². The number of rotatable bonds is 20. The molecule has 0 aromatic heterocycles. The molecule has 1 heterocycles. The summed E-state index contributed by atoms with van der Waals surface area (Å²) < 4.78 is 5.54. The van der Waals surface area contributed by atoms with Crippen LogP contribution in [0.25, 0.3) is 0 Å². The van der Waals surface area contributed by atoms with Crippen LogP contribution in [0, 0.1) is 5.92 Å². The Morgan fingerprint density at radius 2 is 1.38 bits per heavy atom. The summed E-state index contributed by atoms with van der Waals surface area (Å²) in [6.45, 7) is 8.88. The Morgan fingerprint density at radius 3 is 1.91 bits per heavy atom. The highest BCUT2D eigenvalue weighted by atomic mass is 32.2. The predicted octanol–water partition coefficient (Wildman–Crippen LogP) is 2.55. The molecule has 0 saturated carbocycles. The molecular formula is C42H61N7O8S. The Kier molecular flexibility index (Phi) is 18.5. The second-order valence-electron chi connectivity index (χ2n) is 16.0. The quantitative estimate of drug-likeness (QED) is 0.133. The zero-order chi connectivity index (χ0) is 43.0. The fraction of sp³-hybridized carbons (Fsp3) is 0.548. The second-order valence-corrected chi connectivity index (χ2v) is 17.0. The lowest BCUT2D eigenvalue weighted by Crippen LogP contribution is -2.58. The molecule has 6 N–H and O–H groups in total. The van der Waals surface area contributed by atoms with E-state index in [2.05, 4.69) is 21.3 Å². The number of nitrogens with one attached hydrogen (secondary N) is 4. The van der Waals surface area contributed by atoms with Crippen LogP contribution in [-0.2, 0) is 46.3 Å². The van der Waals surface area contributed by atoms with Gasteiger partial charge in [0.25, 0.3) is 0 Å². The Labute approximate surface area is 346 Å². The highest BCUT2D eigenvalue weighted by Crippen LogP contribution is 2.22. The zero-order valence-electron chi connectivity index (χ0n) is 34.7. The first-order valence-electron chi connectivity index (χ1n) is 19.7. The average molecular weight is 824 g/mol. The molecule has 15 nitrogen and oxygen atoms in total. The molecule has 58 heavy (non-hydrogen) atoms. The summed E-state index contributed by atoms with van der Waals surface area (Å²) in [5.41, 5.74) is 6.25. The van der Waals surface area contributed by atoms with Crippen molar-refractivity contribution < 1.29 is 38.3 Å². The van der Waals surface area contributed by atoms with Crippen molar-refractivity contribution in [3.8, 4) is 0 Å². The van der Waals surface area contributed by atoms with E-state index in [1.54, 1.807) is 45.0 Å². The first-order chi connectivity index (χ1) is 27.4. The van der Waals surface area contributed by atoms with Gasteiger partial charge in [-0.25, -0.2) is 4.79 Å². The van der Waals surface area contributed by atoms with Gasteiger partial charge in [0, 0.05) is 26.4 Å². The molecule has 0 unspecified atom stereocenters. The van der Waals surface area contributed by atoms with Crippen molar-refractivity contribution in [2.45, 2.75) is 109 Å². The number of likely N-dealkylation sites (tertiary alicyclic amines) is 1. The smallest absolute Gasteiger partial charge is 0.410 e. The molecule has 2 aromatic rings. The molecule has 0 spiro atoms. The number of benzene rings is 2. The lowest BCUT2D eigenvalue weighted by molar-refractivity contribution is -0.139. The summed E-state index contributed by atoms with van der Waals surface area (Å²) >= 11 is 1.50. The monoisotopic (exact) mass is 823 g/mol. The van der Waals surface area contributed by atoms with Crippen LogP contribution in [0.5, 0.6) is 0 Å². The van der Waals surface area contributed by atoms with Gasteiger partial charge in [0.05, 0.1) is 6.54 Å². The predicted molar refractivity (Wildman–Crippen MR) is 223 cm³/mol. The number of hydrogen-bond donors (Lipinski definition) is 5. The van der Waals surface area contributed by atoms with E-state index in [1.165, 1.54) is 28.6 Å². The Balaban J connectivity index is 1.82. The molecule has 1 fully saturated rings. The fourth-order valence-electron chi connectivity index (χ4n) is 6.52. The minimum absolute atomic E-state index is 0.00234. The van der Waals surface area contributed by atoms with Crippen LogP contribution in [-0.4, -0.2) is 119 Å². The topological polar surface area (TPSA) is 209 Å². The van der Waals surface area contributed by atoms with Gasteiger partial charge in [0.1, 0.15) is 35.8 Å². The summed E-state index contributed by atoms with van der Waals surface area (Å²) in [4.78, 5) is 96.4. The minimum Gasteiger partial charge on any atom is -0.444 e. The van der Waals surface area contributed by atoms with E-state index in [1.807, 2.05) is 56.5 Å². The van der Waals surface area contributed by atoms with Crippen LogP contribution in [0.4, 0.5) is 4.79 Å². The summed E-state index contributed by atoms with van der Waals surface area (Å²) in [6, 6.07) is 13.1. The van der Waals surface area contributed by atoms with Crippen LogP contribution in [0.15, 0.2) is 60.7 Å². The molecular weight excluding hydrogens is 763 g/mol. The highest BCUT2D eigenvalue weighted by Gasteiger charge is 2.39. The van der Waals surface area contributed by atoms with E-state index >= 15 is 0 Å². The number of carbonyl (C=O) groups is 7. The Hall–Kier alpha value is -5.12. The van der Waals surface area contributed by atoms with Crippen molar-refractivity contribution in [3.05, 3.63) is 71.8 Å². The summed E-state index contributed by atoms with van der Waals surface area (Å²) in [5, 5.41) is 11.1. The number of amides is 7. The van der Waals surface area contributed by atoms with Crippen molar-refractivity contribution >= 4 is 53.3 Å². The number of ether oxygens (including phenoxy) is 1. The molecule has 5 atom stereocenters. The fourth-order valence-corrected chi connectivity index (χ4v) is 6.99. The molecule has 1 aliphatic heterocycles. The number of nitrogens with zero attached hydrogens (tertiary/aromatic N) is 2. The van der Waals surface area contributed by atoms with Crippen LogP contribution in [0.2, 0.25) is 0 Å². The number of likely N-dealkylation sites (N-methyl/N-ethyl adjacent to an activating group) is 1. The summed E-state index contributed by atoms with van der Waals surface area (Å²) in [7, 11) is 1.42. The third-order valence-electron chi connectivity index (χ3n) is 9.38. The number of thioether (sulfide) groups is 1. The zero-order valence-corrected chi connectivity index (χ0v) is 35.6. The van der Waals surface area contributed by atoms with E-state index in [9.17, 15) is 33.6 Å². The highest BCUT2D eigenvalue weighted by molar-refractivity contribution is 7.98. The first kappa shape index (κ1) is 47.3. The molecule has 0 radical (unpaired) electrons. The molecule has 3 rings (SSSR count). The maximum absolute atomic E-state index is 14.2. The summed E-state index contributed by atoms with van der Waals surface area (Å²) in [6.07, 6.45) is 2.98. The average Bonchev–Trinajstić information content (AvgIpc) is 3.66. The third kappa shape index (κ3) is 15.7. The van der Waals surface area contributed by atoms with Crippen molar-refractivity contribution in [1.29, 1.82) is 0 Å². The van der Waals surface area contributed by atoms with Gasteiger partial charge in [0.2, 0.25) is 35.4 Å². The lowest BCUT2D eigenvalue weighted by atomic mass is 10.0. The second kappa shape index (κ2) is 22.7. The van der Waals surface area contributed by atoms with Crippen molar-refractivity contribution in [2.24, 2.45) is 11.7 Å². The van der Waals surface area contributed by atoms with E-state index in [0.29, 0.717) is 31.6 Å². The van der Waals surface area contributed by atoms with Gasteiger partial charge in [0.15, 0.2) is 0 Å². The molecule has 1 saturated heterocycles. The minimum atomic E-state index is -1.16. The van der Waals surface area contributed by atoms with Crippen molar-refractivity contribution in [2.75, 3.05) is 32.1 Å². The van der Waals surface area contributed by atoms with E-state index in [0.717, 1.165) is 11.1 Å². The lowest BCUT2D eigenvalue weighted by Gasteiger charge is -2.30. The maximum atomic E-state index is 14.2. The van der Waals surface area contributed by atoms with Crippen molar-refractivity contribution in [3.63, 3.8) is 0 Å². The maximum Gasteiger partial charge on any atom is 0.410 e. The molecule has 0 aliphatic carbocycles. The first-order valence-corrected chi connectivity index (χ1v) is 21.1. The van der Waals surface area contributed by atoms with Gasteiger partial charge in [-0.1, -0.05) is 74.5 Å². The standard InChI is InChI=1S/C42H61N7O8S/c1-27(2)23-31(37(52)45-30(36(43)51)20-22-58-7)44-35(50)26-48(6)40(55)33(25-29-17-12-9-13-18-29)47-38(53)32(24-28-15-10-8-11-16-28)46-39(54)34-19-14-21-49(34)41(56)57-42(3,4)5/h8-13,15-18,27,30-34H,14,19-26H2,1-7H3,(H2,43,51)(H,44,50)(H,45,52)(H,46,54)(H,47,53)/t30-,31-,32-,33-,34-/m0/s1. The summed E-state index contributed by atoms with van der Waals surface area (Å²) in [5.74, 6) is -3.02. The van der Waals surface area contributed by atoms with E-state index < -0.39 is 83.9 Å². The molecule has 7 amide bonds. The van der Waals surface area contributed by atoms with Gasteiger partial charge >= 0.3 is 6.09 Å².